The number of benzene rings is 3. The molecule has 0 radical (unpaired) electrons. The van der Waals surface area contributed by atoms with E-state index in [1.165, 1.54) is 0 Å². The first-order valence-electron chi connectivity index (χ1n) is 9.54. The fourth-order valence-corrected chi connectivity index (χ4v) is 3.88. The quantitative estimate of drug-likeness (QED) is 0.173. The third-order valence-electron chi connectivity index (χ3n) is 4.78. The van der Waals surface area contributed by atoms with Crippen molar-refractivity contribution in [3.8, 4) is 11.3 Å². The number of rotatable bonds is 4. The van der Waals surface area contributed by atoms with Gasteiger partial charge in [0.15, 0.2) is 0 Å². The number of hydrogen-bond donors (Lipinski definition) is 1. The third kappa shape index (κ3) is 4.13. The van der Waals surface area contributed by atoms with Crippen LogP contribution in [0.4, 0.5) is 5.95 Å². The Kier molecular flexibility index (Phi) is 5.32. The summed E-state index contributed by atoms with van der Waals surface area (Å²) in [5.41, 5.74) is 7.14. The van der Waals surface area contributed by atoms with Gasteiger partial charge in [0.2, 0.25) is 5.95 Å². The molecule has 5 aromatic rings. The van der Waals surface area contributed by atoms with Gasteiger partial charge in [0.05, 0.1) is 22.9 Å². The number of aromatic nitrogens is 3. The highest BCUT2D eigenvalue weighted by molar-refractivity contribution is 9.10. The number of hydrazone groups is 1. The van der Waals surface area contributed by atoms with Crippen molar-refractivity contribution in [1.29, 1.82) is 0 Å². The first kappa shape index (κ1) is 19.6. The van der Waals surface area contributed by atoms with Gasteiger partial charge in [-0.25, -0.2) is 20.4 Å². The van der Waals surface area contributed by atoms with E-state index in [4.69, 9.17) is 16.6 Å². The third-order valence-corrected chi connectivity index (χ3v) is 5.57. The Bertz CT molecular complexity index is 1440. The Morgan fingerprint density at radius 2 is 1.65 bits per heavy atom. The molecule has 0 saturated carbocycles. The lowest BCUT2D eigenvalue weighted by molar-refractivity contribution is 1.15. The lowest BCUT2D eigenvalue weighted by Gasteiger charge is -2.09. The van der Waals surface area contributed by atoms with E-state index in [9.17, 15) is 0 Å². The van der Waals surface area contributed by atoms with Crippen molar-refractivity contribution >= 4 is 61.5 Å². The molecule has 2 aromatic heterocycles. The molecule has 0 spiro atoms. The molecule has 0 fully saturated rings. The van der Waals surface area contributed by atoms with Crippen LogP contribution in [0.25, 0.3) is 33.1 Å². The van der Waals surface area contributed by atoms with Crippen LogP contribution in [0.2, 0.25) is 5.15 Å². The van der Waals surface area contributed by atoms with Crippen molar-refractivity contribution in [3.05, 3.63) is 94.1 Å². The summed E-state index contributed by atoms with van der Waals surface area (Å²) in [6, 6.07) is 25.7. The highest BCUT2D eigenvalue weighted by atomic mass is 79.9. The summed E-state index contributed by atoms with van der Waals surface area (Å²) in [4.78, 5) is 13.7. The second-order valence-corrected chi connectivity index (χ2v) is 8.13. The summed E-state index contributed by atoms with van der Waals surface area (Å²) in [6.45, 7) is 0. The highest BCUT2D eigenvalue weighted by Crippen LogP contribution is 2.29. The number of anilines is 1. The zero-order valence-electron chi connectivity index (χ0n) is 16.1. The molecule has 150 valence electrons. The van der Waals surface area contributed by atoms with E-state index in [1.807, 2.05) is 78.9 Å². The minimum Gasteiger partial charge on any atom is -0.245 e. The molecule has 3 aromatic carbocycles. The number of fused-ring (bicyclic) bond motifs is 2. The molecular weight excluding hydrogens is 474 g/mol. The van der Waals surface area contributed by atoms with Gasteiger partial charge in [0.25, 0.3) is 0 Å². The van der Waals surface area contributed by atoms with Gasteiger partial charge in [-0.05, 0) is 30.3 Å². The average molecular weight is 489 g/mol. The highest BCUT2D eigenvalue weighted by Gasteiger charge is 2.10. The first-order chi connectivity index (χ1) is 15.2. The van der Waals surface area contributed by atoms with E-state index in [0.717, 1.165) is 37.5 Å². The average Bonchev–Trinajstić information content (AvgIpc) is 2.79. The Morgan fingerprint density at radius 1 is 0.839 bits per heavy atom. The molecule has 0 aliphatic carbocycles. The monoisotopic (exact) mass is 487 g/mol. The van der Waals surface area contributed by atoms with Gasteiger partial charge in [-0.3, -0.25) is 0 Å². The number of para-hydroxylation sites is 1. The molecule has 31 heavy (non-hydrogen) atoms. The minimum atomic E-state index is 0.388. The number of nitrogens with one attached hydrogen (secondary N) is 1. The van der Waals surface area contributed by atoms with Gasteiger partial charge in [0.1, 0.15) is 5.15 Å². The normalized spacial score (nSPS) is 11.4. The van der Waals surface area contributed by atoms with Crippen LogP contribution in [-0.4, -0.2) is 21.2 Å². The van der Waals surface area contributed by atoms with Crippen LogP contribution in [0.15, 0.2) is 88.4 Å². The van der Waals surface area contributed by atoms with Gasteiger partial charge < -0.3 is 0 Å². The zero-order valence-corrected chi connectivity index (χ0v) is 18.5. The Hall–Kier alpha value is -3.35. The van der Waals surface area contributed by atoms with E-state index >= 15 is 0 Å². The summed E-state index contributed by atoms with van der Waals surface area (Å²) >= 11 is 9.85. The fraction of sp³-hybridized carbons (Fsp3) is 0. The van der Waals surface area contributed by atoms with Crippen LogP contribution in [0.5, 0.6) is 0 Å². The molecule has 0 saturated heterocycles. The maximum atomic E-state index is 6.32. The molecule has 0 atom stereocenters. The van der Waals surface area contributed by atoms with Gasteiger partial charge in [-0.15, -0.1) is 0 Å². The van der Waals surface area contributed by atoms with Crippen LogP contribution in [0.1, 0.15) is 5.56 Å². The smallest absolute Gasteiger partial charge is 0.244 e. The second-order valence-electron chi connectivity index (χ2n) is 6.85. The predicted molar refractivity (Wildman–Crippen MR) is 131 cm³/mol. The van der Waals surface area contributed by atoms with E-state index in [2.05, 4.69) is 36.4 Å². The molecule has 0 bridgehead atoms. The first-order valence-corrected chi connectivity index (χ1v) is 10.7. The van der Waals surface area contributed by atoms with Crippen molar-refractivity contribution in [2.24, 2.45) is 5.10 Å². The van der Waals surface area contributed by atoms with E-state index < -0.39 is 0 Å². The zero-order chi connectivity index (χ0) is 21.2. The van der Waals surface area contributed by atoms with Gasteiger partial charge in [-0.1, -0.05) is 76.1 Å². The topological polar surface area (TPSA) is 63.1 Å². The lowest BCUT2D eigenvalue weighted by Crippen LogP contribution is -2.00. The molecule has 2 heterocycles. The molecule has 1 N–H and O–H groups in total. The van der Waals surface area contributed by atoms with Crippen LogP contribution in [0, 0.1) is 0 Å². The summed E-state index contributed by atoms with van der Waals surface area (Å²) < 4.78 is 0.970. The SMILES string of the molecule is Clc1nc2ccccc2cc1C=NNc1nc(-c2ccccc2)c2cc(Br)ccc2n1. The minimum absolute atomic E-state index is 0.388. The molecule has 5 nitrogen and oxygen atoms in total. The van der Waals surface area contributed by atoms with Crippen LogP contribution in [0.3, 0.4) is 0 Å². The van der Waals surface area contributed by atoms with Gasteiger partial charge >= 0.3 is 0 Å². The summed E-state index contributed by atoms with van der Waals surface area (Å²) in [5.74, 6) is 0.398. The van der Waals surface area contributed by atoms with Crippen molar-refractivity contribution in [3.63, 3.8) is 0 Å². The number of pyridine rings is 1. The molecule has 0 amide bonds. The molecular formula is C24H15BrClN5. The Labute approximate surface area is 192 Å². The predicted octanol–water partition coefficient (Wildman–Crippen LogP) is 6.71. The number of hydrogen-bond acceptors (Lipinski definition) is 5. The van der Waals surface area contributed by atoms with Crippen LogP contribution in [-0.2, 0) is 0 Å². The molecule has 7 heteroatoms. The fourth-order valence-electron chi connectivity index (χ4n) is 3.33. The number of halogens is 2. The molecule has 0 aliphatic heterocycles. The second kappa shape index (κ2) is 8.41. The van der Waals surface area contributed by atoms with Gasteiger partial charge in [-0.2, -0.15) is 5.10 Å². The summed E-state index contributed by atoms with van der Waals surface area (Å²) in [5, 5.41) is 6.64. The lowest BCUT2D eigenvalue weighted by atomic mass is 10.1. The van der Waals surface area contributed by atoms with Crippen LogP contribution >= 0.6 is 27.5 Å². The van der Waals surface area contributed by atoms with E-state index in [-0.39, 0.29) is 0 Å². The molecule has 5 rings (SSSR count). The summed E-state index contributed by atoms with van der Waals surface area (Å²) in [7, 11) is 0. The Balaban J connectivity index is 1.51. The summed E-state index contributed by atoms with van der Waals surface area (Å²) in [6.07, 6.45) is 1.62. The Morgan fingerprint density at radius 3 is 2.52 bits per heavy atom. The standard InChI is InChI=1S/C24H15BrClN5/c25-18-10-11-21-19(13-18)22(15-6-2-1-3-7-15)30-24(29-21)31-27-14-17-12-16-8-4-5-9-20(16)28-23(17)26/h1-14H,(H,29,30,31). The van der Waals surface area contributed by atoms with E-state index in [1.54, 1.807) is 6.21 Å². The van der Waals surface area contributed by atoms with Crippen molar-refractivity contribution in [1.82, 2.24) is 15.0 Å². The largest absolute Gasteiger partial charge is 0.245 e. The molecule has 0 unspecified atom stereocenters. The van der Waals surface area contributed by atoms with Crippen molar-refractivity contribution in [2.45, 2.75) is 0 Å². The maximum absolute atomic E-state index is 6.32. The van der Waals surface area contributed by atoms with Crippen LogP contribution < -0.4 is 5.43 Å². The number of nitrogens with zero attached hydrogens (tertiary/aromatic N) is 4. The van der Waals surface area contributed by atoms with Crippen molar-refractivity contribution < 1.29 is 0 Å². The molecule has 0 aliphatic rings. The van der Waals surface area contributed by atoms with Crippen molar-refractivity contribution in [2.75, 3.05) is 5.43 Å². The maximum Gasteiger partial charge on any atom is 0.244 e. The van der Waals surface area contributed by atoms with Gasteiger partial charge in [0, 0.05) is 26.4 Å². The van der Waals surface area contributed by atoms with E-state index in [0.29, 0.717) is 16.7 Å².